The fourth-order valence-corrected chi connectivity index (χ4v) is 3.42. The van der Waals surface area contributed by atoms with Crippen LogP contribution in [-0.2, 0) is 21.0 Å². The smallest absolute Gasteiger partial charge is 0.335 e. The van der Waals surface area contributed by atoms with Gasteiger partial charge in [-0.15, -0.1) is 0 Å². The van der Waals surface area contributed by atoms with E-state index in [1.165, 1.54) is 25.3 Å². The van der Waals surface area contributed by atoms with Gasteiger partial charge < -0.3 is 14.3 Å². The van der Waals surface area contributed by atoms with Crippen LogP contribution in [0.15, 0.2) is 48.5 Å². The van der Waals surface area contributed by atoms with Crippen molar-refractivity contribution in [3.8, 4) is 11.5 Å². The molecule has 7 heteroatoms. The summed E-state index contributed by atoms with van der Waals surface area (Å²) < 4.78 is 24.4. The molecule has 0 saturated heterocycles. The second kappa shape index (κ2) is 11.2. The molecule has 1 N–H and O–H groups in total. The van der Waals surface area contributed by atoms with Crippen molar-refractivity contribution in [2.75, 3.05) is 7.11 Å². The quantitative estimate of drug-likeness (QED) is 0.517. The number of halogens is 1. The highest BCUT2D eigenvalue weighted by molar-refractivity contribution is 5.92. The van der Waals surface area contributed by atoms with E-state index in [0.29, 0.717) is 22.6 Å². The molecule has 3 rings (SSSR count). The van der Waals surface area contributed by atoms with Crippen LogP contribution in [0.1, 0.15) is 43.2 Å². The maximum absolute atomic E-state index is 13.3. The van der Waals surface area contributed by atoms with Crippen LogP contribution in [0, 0.1) is 11.7 Å². The summed E-state index contributed by atoms with van der Waals surface area (Å²) in [7, 11) is 1.51. The second-order valence-electron chi connectivity index (χ2n) is 7.38. The van der Waals surface area contributed by atoms with Gasteiger partial charge in [-0.3, -0.25) is 4.79 Å². The van der Waals surface area contributed by atoms with Gasteiger partial charge in [0.05, 0.1) is 13.0 Å². The Labute approximate surface area is 181 Å². The van der Waals surface area contributed by atoms with Crippen molar-refractivity contribution in [1.82, 2.24) is 5.48 Å². The fourth-order valence-electron chi connectivity index (χ4n) is 3.42. The number of rotatable bonds is 7. The summed E-state index contributed by atoms with van der Waals surface area (Å²) >= 11 is 0. The number of hydrogen-bond donors (Lipinski definition) is 1. The average Bonchev–Trinajstić information content (AvgIpc) is 2.80. The Bertz CT molecular complexity index is 937. The van der Waals surface area contributed by atoms with E-state index in [-0.39, 0.29) is 24.3 Å². The highest BCUT2D eigenvalue weighted by Crippen LogP contribution is 2.29. The minimum absolute atomic E-state index is 0.137. The lowest BCUT2D eigenvalue weighted by atomic mass is 9.89. The third kappa shape index (κ3) is 6.84. The third-order valence-electron chi connectivity index (χ3n) is 5.09. The molecule has 2 aromatic rings. The molecule has 0 atom stereocenters. The molecule has 1 saturated carbocycles. The predicted molar refractivity (Wildman–Crippen MR) is 114 cm³/mol. The molecule has 1 amide bonds. The van der Waals surface area contributed by atoms with Crippen LogP contribution in [0.3, 0.4) is 0 Å². The van der Waals surface area contributed by atoms with Gasteiger partial charge in [-0.05, 0) is 54.3 Å². The fraction of sp³-hybridized carbons (Fsp3) is 0.333. The Kier molecular flexibility index (Phi) is 8.04. The minimum Gasteiger partial charge on any atom is -0.493 e. The van der Waals surface area contributed by atoms with Crippen LogP contribution in [-0.4, -0.2) is 19.0 Å². The van der Waals surface area contributed by atoms with Crippen molar-refractivity contribution in [2.45, 2.75) is 38.7 Å². The summed E-state index contributed by atoms with van der Waals surface area (Å²) in [5.74, 6) is -0.409. The van der Waals surface area contributed by atoms with Crippen molar-refractivity contribution < 1.29 is 28.3 Å². The molecule has 1 fully saturated rings. The number of ether oxygens (including phenoxy) is 2. The lowest BCUT2D eigenvalue weighted by molar-refractivity contribution is -0.161. The normalized spacial score (nSPS) is 14.3. The summed E-state index contributed by atoms with van der Waals surface area (Å²) in [5.41, 5.74) is 3.57. The summed E-state index contributed by atoms with van der Waals surface area (Å²) in [6.07, 6.45) is 7.61. The molecule has 0 radical (unpaired) electrons. The van der Waals surface area contributed by atoms with Crippen LogP contribution in [0.2, 0.25) is 0 Å². The zero-order valence-electron chi connectivity index (χ0n) is 17.4. The Morgan fingerprint density at radius 1 is 1.10 bits per heavy atom. The Balaban J connectivity index is 1.52. The van der Waals surface area contributed by atoms with Crippen LogP contribution in [0.25, 0.3) is 6.08 Å². The maximum atomic E-state index is 13.3. The van der Waals surface area contributed by atoms with E-state index in [9.17, 15) is 14.0 Å². The number of benzene rings is 2. The van der Waals surface area contributed by atoms with Gasteiger partial charge in [-0.2, -0.15) is 5.48 Å². The van der Waals surface area contributed by atoms with E-state index in [1.807, 2.05) is 0 Å². The molecular formula is C24H26FNO5. The zero-order valence-corrected chi connectivity index (χ0v) is 17.4. The van der Waals surface area contributed by atoms with Crippen LogP contribution >= 0.6 is 0 Å². The highest BCUT2D eigenvalue weighted by atomic mass is 19.1. The zero-order chi connectivity index (χ0) is 22.1. The van der Waals surface area contributed by atoms with Gasteiger partial charge in [0.15, 0.2) is 11.5 Å². The monoisotopic (exact) mass is 427 g/mol. The van der Waals surface area contributed by atoms with Crippen molar-refractivity contribution in [3.05, 3.63) is 65.5 Å². The van der Waals surface area contributed by atoms with Gasteiger partial charge >= 0.3 is 5.97 Å². The Morgan fingerprint density at radius 2 is 1.90 bits per heavy atom. The molecule has 6 nitrogen and oxygen atoms in total. The SMILES string of the molecule is COc1cc(C=CC(=O)NOC(=O)C2CCCCC2)ccc1OCc1cccc(F)c1. The van der Waals surface area contributed by atoms with Crippen LogP contribution in [0.4, 0.5) is 4.39 Å². The molecule has 0 aliphatic heterocycles. The van der Waals surface area contributed by atoms with Gasteiger partial charge in [0.25, 0.3) is 5.91 Å². The van der Waals surface area contributed by atoms with E-state index in [4.69, 9.17) is 14.3 Å². The first-order valence-electron chi connectivity index (χ1n) is 10.3. The lowest BCUT2D eigenvalue weighted by Crippen LogP contribution is -2.30. The molecule has 1 aliphatic carbocycles. The molecule has 0 spiro atoms. The lowest BCUT2D eigenvalue weighted by Gasteiger charge is -2.19. The van der Waals surface area contributed by atoms with Crippen molar-refractivity contribution in [1.29, 1.82) is 0 Å². The molecule has 0 aromatic heterocycles. The van der Waals surface area contributed by atoms with E-state index in [1.54, 1.807) is 36.4 Å². The van der Waals surface area contributed by atoms with Crippen LogP contribution < -0.4 is 15.0 Å². The summed E-state index contributed by atoms with van der Waals surface area (Å²) in [6.45, 7) is 0.193. The molecule has 1 aliphatic rings. The molecular weight excluding hydrogens is 401 g/mol. The van der Waals surface area contributed by atoms with Gasteiger partial charge in [0.2, 0.25) is 0 Å². The first-order valence-corrected chi connectivity index (χ1v) is 10.3. The molecule has 2 aromatic carbocycles. The van der Waals surface area contributed by atoms with Crippen molar-refractivity contribution >= 4 is 18.0 Å². The molecule has 0 heterocycles. The molecule has 0 unspecified atom stereocenters. The minimum atomic E-state index is -0.533. The number of hydroxylamine groups is 1. The summed E-state index contributed by atoms with van der Waals surface area (Å²) in [6, 6.07) is 11.3. The van der Waals surface area contributed by atoms with Gasteiger partial charge in [-0.25, -0.2) is 9.18 Å². The summed E-state index contributed by atoms with van der Waals surface area (Å²) in [5, 5.41) is 0. The number of carbonyl (C=O) groups is 2. The average molecular weight is 427 g/mol. The maximum Gasteiger partial charge on any atom is 0.335 e. The topological polar surface area (TPSA) is 73.9 Å². The Morgan fingerprint density at radius 3 is 2.65 bits per heavy atom. The van der Waals surface area contributed by atoms with E-state index in [2.05, 4.69) is 5.48 Å². The van der Waals surface area contributed by atoms with Crippen molar-refractivity contribution in [2.24, 2.45) is 5.92 Å². The van der Waals surface area contributed by atoms with E-state index < -0.39 is 5.91 Å². The Hall–Kier alpha value is -3.35. The largest absolute Gasteiger partial charge is 0.493 e. The number of methoxy groups -OCH3 is 1. The van der Waals surface area contributed by atoms with Gasteiger partial charge in [0, 0.05) is 6.08 Å². The molecule has 0 bridgehead atoms. The number of amides is 1. The van der Waals surface area contributed by atoms with Crippen molar-refractivity contribution in [3.63, 3.8) is 0 Å². The second-order valence-corrected chi connectivity index (χ2v) is 7.38. The van der Waals surface area contributed by atoms with E-state index in [0.717, 1.165) is 32.1 Å². The number of carbonyl (C=O) groups excluding carboxylic acids is 2. The van der Waals surface area contributed by atoms with Gasteiger partial charge in [-0.1, -0.05) is 37.5 Å². The number of hydrogen-bond acceptors (Lipinski definition) is 5. The third-order valence-corrected chi connectivity index (χ3v) is 5.09. The van der Waals surface area contributed by atoms with E-state index >= 15 is 0 Å². The standard InChI is InChI=1S/C24H26FNO5/c1-29-22-15-17(10-12-21(22)30-16-18-6-5-9-20(25)14-18)11-13-23(27)26-31-24(28)19-7-3-2-4-8-19/h5-6,9-15,19H,2-4,7-8,16H2,1H3,(H,26,27). The van der Waals surface area contributed by atoms with Crippen LogP contribution in [0.5, 0.6) is 11.5 Å². The molecule has 164 valence electrons. The van der Waals surface area contributed by atoms with Gasteiger partial charge in [0.1, 0.15) is 12.4 Å². The highest BCUT2D eigenvalue weighted by Gasteiger charge is 2.23. The predicted octanol–water partition coefficient (Wildman–Crippen LogP) is 4.58. The first kappa shape index (κ1) is 22.3. The number of nitrogens with one attached hydrogen (secondary N) is 1. The first-order chi connectivity index (χ1) is 15.0. The summed E-state index contributed by atoms with van der Waals surface area (Å²) in [4.78, 5) is 28.8. The molecule has 31 heavy (non-hydrogen) atoms.